The first-order chi connectivity index (χ1) is 15.3. The normalized spacial score (nSPS) is 24.4. The molecule has 1 saturated heterocycles. The molecule has 0 unspecified atom stereocenters. The molecule has 1 aliphatic heterocycles. The molecule has 1 N–H and O–H groups in total. The van der Waals surface area contributed by atoms with Crippen molar-refractivity contribution in [1.82, 2.24) is 19.2 Å². The monoisotopic (exact) mass is 457 g/mol. The molecule has 1 saturated carbocycles. The van der Waals surface area contributed by atoms with Crippen LogP contribution in [0.15, 0.2) is 11.6 Å². The third-order valence-corrected chi connectivity index (χ3v) is 8.48. The topological polar surface area (TPSA) is 72.4 Å². The highest BCUT2D eigenvalue weighted by molar-refractivity contribution is 7.19. The van der Waals surface area contributed by atoms with Gasteiger partial charge in [0.05, 0.1) is 30.5 Å². The molecule has 3 aliphatic rings. The Kier molecular flexibility index (Phi) is 5.51. The van der Waals surface area contributed by atoms with Crippen LogP contribution in [0.1, 0.15) is 42.5 Å². The summed E-state index contributed by atoms with van der Waals surface area (Å²) in [6.45, 7) is 3.87. The van der Waals surface area contributed by atoms with Crippen molar-refractivity contribution in [3.8, 4) is 5.88 Å². The Morgan fingerprint density at radius 2 is 1.97 bits per heavy atom. The van der Waals surface area contributed by atoms with E-state index in [1.54, 1.807) is 17.5 Å². The van der Waals surface area contributed by atoms with Crippen LogP contribution >= 0.6 is 22.9 Å². The summed E-state index contributed by atoms with van der Waals surface area (Å²) >= 11 is 3.22. The largest absolute Gasteiger partial charge is 0.474 e. The van der Waals surface area contributed by atoms with E-state index in [1.807, 2.05) is 5.38 Å². The maximum Gasteiger partial charge on any atom is 0.231 e. The van der Waals surface area contributed by atoms with Crippen LogP contribution in [0.2, 0.25) is 0 Å². The van der Waals surface area contributed by atoms with Crippen molar-refractivity contribution in [1.29, 1.82) is 0 Å². The summed E-state index contributed by atoms with van der Waals surface area (Å²) < 4.78 is 16.3. The second-order valence-corrected chi connectivity index (χ2v) is 10.4. The summed E-state index contributed by atoms with van der Waals surface area (Å²) in [5.74, 6) is 1.37. The number of rotatable bonds is 5. The lowest BCUT2D eigenvalue weighted by molar-refractivity contribution is -0.00124. The summed E-state index contributed by atoms with van der Waals surface area (Å²) in [6, 6.07) is 0.669. The molecule has 0 radical (unpaired) electrons. The highest BCUT2D eigenvalue weighted by atomic mass is 32.1. The van der Waals surface area contributed by atoms with Crippen LogP contribution in [0.4, 0.5) is 11.6 Å². The molecule has 3 aromatic rings. The number of ether oxygens (including phenoxy) is 2. The lowest BCUT2D eigenvalue weighted by Gasteiger charge is -2.38. The molecule has 0 amide bonds. The molecule has 0 bridgehead atoms. The lowest BCUT2D eigenvalue weighted by Crippen LogP contribution is -2.46. The van der Waals surface area contributed by atoms with Crippen LogP contribution in [0.5, 0.6) is 5.88 Å². The zero-order chi connectivity index (χ0) is 20.6. The zero-order valence-corrected chi connectivity index (χ0v) is 19.1. The molecular formula is C22H27N5O2S2. The molecule has 9 heteroatoms. The molecule has 6 rings (SSSR count). The summed E-state index contributed by atoms with van der Waals surface area (Å²) in [7, 11) is 0. The fourth-order valence-corrected chi connectivity index (χ4v) is 6.85. The molecule has 4 heterocycles. The van der Waals surface area contributed by atoms with Gasteiger partial charge in [-0.15, -0.1) is 11.3 Å². The first-order valence-corrected chi connectivity index (χ1v) is 13.0. The molecule has 3 aromatic heterocycles. The van der Waals surface area contributed by atoms with Crippen LogP contribution in [0.3, 0.4) is 0 Å². The highest BCUT2D eigenvalue weighted by Crippen LogP contribution is 2.42. The molecule has 0 aromatic carbocycles. The van der Waals surface area contributed by atoms with E-state index in [-0.39, 0.29) is 6.10 Å². The Morgan fingerprint density at radius 3 is 2.77 bits per heavy atom. The number of hydrogen-bond donors (Lipinski definition) is 1. The first-order valence-electron chi connectivity index (χ1n) is 11.3. The van der Waals surface area contributed by atoms with E-state index in [2.05, 4.69) is 14.6 Å². The van der Waals surface area contributed by atoms with Crippen molar-refractivity contribution >= 4 is 44.7 Å². The number of aromatic nitrogens is 3. The van der Waals surface area contributed by atoms with Gasteiger partial charge in [0.1, 0.15) is 10.9 Å². The standard InChI is InChI=1S/C22H27N5O2S2/c1-2-17-18(3-1)31-21-19(17)20(25-22(26-21)24-14-12-23-30-13-14)29-16-6-4-15(5-7-16)27-8-10-28-11-9-27/h12-13,15-16H,1-11H2,(H,24,25,26). The van der Waals surface area contributed by atoms with Crippen LogP contribution in [0, 0.1) is 0 Å². The number of aryl methyl sites for hydroxylation is 2. The third kappa shape index (κ3) is 4.04. The Hall–Kier alpha value is -1.81. The molecule has 2 aliphatic carbocycles. The molecule has 0 atom stereocenters. The van der Waals surface area contributed by atoms with Gasteiger partial charge in [0, 0.05) is 29.4 Å². The van der Waals surface area contributed by atoms with Gasteiger partial charge in [-0.05, 0) is 62.0 Å². The fourth-order valence-electron chi connectivity index (χ4n) is 5.13. The number of morpholine rings is 1. The van der Waals surface area contributed by atoms with Gasteiger partial charge in [0.15, 0.2) is 0 Å². The minimum atomic E-state index is 0.225. The second kappa shape index (κ2) is 8.61. The van der Waals surface area contributed by atoms with Gasteiger partial charge >= 0.3 is 0 Å². The number of thiophene rings is 1. The van der Waals surface area contributed by atoms with Crippen molar-refractivity contribution in [3.05, 3.63) is 22.0 Å². The quantitative estimate of drug-likeness (QED) is 0.609. The lowest BCUT2D eigenvalue weighted by atomic mass is 9.91. The third-order valence-electron chi connectivity index (χ3n) is 6.70. The van der Waals surface area contributed by atoms with Crippen molar-refractivity contribution < 1.29 is 9.47 Å². The Bertz CT molecular complexity index is 1040. The minimum Gasteiger partial charge on any atom is -0.474 e. The predicted octanol–water partition coefficient (Wildman–Crippen LogP) is 4.40. The van der Waals surface area contributed by atoms with Crippen LogP contribution in [-0.2, 0) is 17.6 Å². The number of nitrogens with zero attached hydrogens (tertiary/aromatic N) is 4. The summed E-state index contributed by atoms with van der Waals surface area (Å²) in [5.41, 5.74) is 2.34. The van der Waals surface area contributed by atoms with E-state index >= 15 is 0 Å². The minimum absolute atomic E-state index is 0.225. The summed E-state index contributed by atoms with van der Waals surface area (Å²) in [5, 5.41) is 6.42. The summed E-state index contributed by atoms with van der Waals surface area (Å²) in [6.07, 6.45) is 10.1. The van der Waals surface area contributed by atoms with Crippen LogP contribution in [-0.4, -0.2) is 57.7 Å². The smallest absolute Gasteiger partial charge is 0.231 e. The molecule has 2 fully saturated rings. The van der Waals surface area contributed by atoms with Gasteiger partial charge in [0.2, 0.25) is 11.8 Å². The van der Waals surface area contributed by atoms with E-state index in [1.165, 1.54) is 41.2 Å². The van der Waals surface area contributed by atoms with Crippen molar-refractivity contribution in [3.63, 3.8) is 0 Å². The van der Waals surface area contributed by atoms with Crippen molar-refractivity contribution in [2.45, 2.75) is 57.1 Å². The molecule has 0 spiro atoms. The Labute approximate surface area is 190 Å². The first kappa shape index (κ1) is 19.8. The van der Waals surface area contributed by atoms with Gasteiger partial charge in [-0.1, -0.05) is 0 Å². The Morgan fingerprint density at radius 1 is 1.10 bits per heavy atom. The van der Waals surface area contributed by atoms with Crippen molar-refractivity contribution in [2.75, 3.05) is 31.6 Å². The van der Waals surface area contributed by atoms with Gasteiger partial charge in [-0.2, -0.15) is 9.36 Å². The maximum absolute atomic E-state index is 6.61. The average molecular weight is 458 g/mol. The van der Waals surface area contributed by atoms with E-state index in [9.17, 15) is 0 Å². The predicted molar refractivity (Wildman–Crippen MR) is 124 cm³/mol. The summed E-state index contributed by atoms with van der Waals surface area (Å²) in [4.78, 5) is 14.8. The average Bonchev–Trinajstić information content (AvgIpc) is 3.53. The number of hydrogen-bond acceptors (Lipinski definition) is 9. The van der Waals surface area contributed by atoms with E-state index in [0.717, 1.165) is 73.8 Å². The molecule has 7 nitrogen and oxygen atoms in total. The maximum atomic E-state index is 6.61. The zero-order valence-electron chi connectivity index (χ0n) is 17.5. The Balaban J connectivity index is 1.23. The number of anilines is 2. The number of fused-ring (bicyclic) bond motifs is 3. The van der Waals surface area contributed by atoms with E-state index in [4.69, 9.17) is 19.4 Å². The van der Waals surface area contributed by atoms with Crippen LogP contribution < -0.4 is 10.1 Å². The van der Waals surface area contributed by atoms with Gasteiger partial charge < -0.3 is 14.8 Å². The van der Waals surface area contributed by atoms with E-state index < -0.39 is 0 Å². The van der Waals surface area contributed by atoms with E-state index in [0.29, 0.717) is 12.0 Å². The van der Waals surface area contributed by atoms with Gasteiger partial charge in [-0.25, -0.2) is 4.98 Å². The molecular weight excluding hydrogens is 430 g/mol. The molecule has 164 valence electrons. The fraction of sp³-hybridized carbons (Fsp3) is 0.591. The van der Waals surface area contributed by atoms with Crippen LogP contribution in [0.25, 0.3) is 10.2 Å². The SMILES string of the molecule is c1nscc1Nc1nc(OC2CCC(N3CCOCC3)CC2)c2c3c(sc2n1)CCC3. The second-order valence-electron chi connectivity index (χ2n) is 8.62. The van der Waals surface area contributed by atoms with Gasteiger partial charge in [-0.3, -0.25) is 4.90 Å². The molecule has 31 heavy (non-hydrogen) atoms. The van der Waals surface area contributed by atoms with Gasteiger partial charge in [0.25, 0.3) is 0 Å². The number of nitrogens with one attached hydrogen (secondary N) is 1. The van der Waals surface area contributed by atoms with Crippen molar-refractivity contribution in [2.24, 2.45) is 0 Å². The highest BCUT2D eigenvalue weighted by Gasteiger charge is 2.30.